The average molecular weight is 900 g/mol. The van der Waals surface area contributed by atoms with E-state index < -0.39 is 41.5 Å². The highest BCUT2D eigenvalue weighted by molar-refractivity contribution is 6.08. The van der Waals surface area contributed by atoms with Gasteiger partial charge in [0.05, 0.1) is 53.4 Å². The smallest absolute Gasteiger partial charge is 0.329 e. The first-order valence-corrected chi connectivity index (χ1v) is 22.8. The zero-order valence-corrected chi connectivity index (χ0v) is 36.1. The molecule has 3 amide bonds. The summed E-state index contributed by atoms with van der Waals surface area (Å²) in [5, 5.41) is 13.6. The van der Waals surface area contributed by atoms with E-state index in [2.05, 4.69) is 35.5 Å². The van der Waals surface area contributed by atoms with E-state index in [0.717, 1.165) is 83.7 Å². The Bertz CT molecular complexity index is 2730. The van der Waals surface area contributed by atoms with Crippen LogP contribution in [0.25, 0.3) is 16.7 Å². The second kappa shape index (κ2) is 16.6. The maximum Gasteiger partial charge on any atom is 0.329 e. The molecule has 344 valence electrons. The molecular formula is C44H52F3N13O5. The third kappa shape index (κ3) is 7.63. The van der Waals surface area contributed by atoms with Gasteiger partial charge in [0.15, 0.2) is 11.3 Å². The highest BCUT2D eigenvalue weighted by Crippen LogP contribution is 2.38. The Labute approximate surface area is 371 Å². The number of aryl methyl sites for hydroxylation is 1. The number of halogens is 3. The summed E-state index contributed by atoms with van der Waals surface area (Å²) < 4.78 is 55.8. The number of piperazine rings is 1. The molecule has 18 nitrogen and oxygen atoms in total. The number of aromatic nitrogens is 7. The largest absolute Gasteiger partial charge is 0.374 e. The van der Waals surface area contributed by atoms with Crippen LogP contribution in [0.3, 0.4) is 0 Å². The van der Waals surface area contributed by atoms with Gasteiger partial charge in [-0.3, -0.25) is 33.5 Å². The number of imidazole rings is 1. The van der Waals surface area contributed by atoms with Crippen molar-refractivity contribution >= 4 is 51.6 Å². The van der Waals surface area contributed by atoms with Gasteiger partial charge < -0.3 is 29.7 Å². The first-order chi connectivity index (χ1) is 31.4. The Hall–Kier alpha value is -5.80. The van der Waals surface area contributed by atoms with Gasteiger partial charge in [0, 0.05) is 90.7 Å². The van der Waals surface area contributed by atoms with Gasteiger partial charge in [-0.05, 0) is 62.6 Å². The van der Waals surface area contributed by atoms with Gasteiger partial charge in [0.2, 0.25) is 11.8 Å². The molecule has 0 spiro atoms. The lowest BCUT2D eigenvalue weighted by atomic mass is 9.85. The number of ether oxygens (including phenoxy) is 1. The number of fused-ring (bicyclic) bond motifs is 4. The normalized spacial score (nSPS) is 25.6. The number of carbonyl (C=O) groups excluding carboxylic acids is 3. The molecule has 65 heavy (non-hydrogen) atoms. The molecule has 1 unspecified atom stereocenters. The van der Waals surface area contributed by atoms with Crippen molar-refractivity contribution in [3.63, 3.8) is 0 Å². The first kappa shape index (κ1) is 41.9. The minimum absolute atomic E-state index is 0.0117. The standard InChI is InChI=1S/C44H52F3N13O5/c1-53-39-33(60(44(53)64)34-8-9-36(61)51-43(34)63)7-6-31(45)38(39)56-20-26(21-56)19-55-14-12-54(13-15-55)18-25-2-4-27(5-3-25)59-23-32(37(52-59)40(46)47)49-42(62)30-17-48-58-11-10-35(50-41(30)58)57-22-29-16-28(57)24-65-29/h6-7,10-11,17,23,25-29,34,40H,2-5,8-9,12-16,18-22,24H2,1H3,(H,49,62)(H,51,61,63)/t25-,27-,28-,29-,34?/m1/s1. The van der Waals surface area contributed by atoms with Crippen LogP contribution >= 0.6 is 0 Å². The summed E-state index contributed by atoms with van der Waals surface area (Å²) in [5.74, 6) is -0.335. The number of alkyl halides is 2. The number of nitrogens with one attached hydrogen (secondary N) is 2. The van der Waals surface area contributed by atoms with Crippen molar-refractivity contribution in [1.29, 1.82) is 0 Å². The molecule has 21 heteroatoms. The maximum absolute atomic E-state index is 15.5. The molecule has 4 aromatic heterocycles. The van der Waals surface area contributed by atoms with Crippen molar-refractivity contribution in [2.75, 3.05) is 80.6 Å². The Kier molecular flexibility index (Phi) is 10.7. The van der Waals surface area contributed by atoms with E-state index in [9.17, 15) is 28.0 Å². The van der Waals surface area contributed by atoms with Crippen molar-refractivity contribution < 1.29 is 32.3 Å². The molecule has 6 fully saturated rings. The van der Waals surface area contributed by atoms with Gasteiger partial charge in [-0.1, -0.05) is 0 Å². The lowest BCUT2D eigenvalue weighted by Gasteiger charge is -2.45. The molecule has 3 atom stereocenters. The second-order valence-corrected chi connectivity index (χ2v) is 18.8. The summed E-state index contributed by atoms with van der Waals surface area (Å²) in [6, 6.07) is 4.10. The number of piperidine rings is 1. The predicted molar refractivity (Wildman–Crippen MR) is 232 cm³/mol. The lowest BCUT2D eigenvalue weighted by Crippen LogP contribution is -2.55. The Morgan fingerprint density at radius 2 is 1.71 bits per heavy atom. The molecule has 9 heterocycles. The van der Waals surface area contributed by atoms with Gasteiger partial charge in [-0.15, -0.1) is 0 Å². The van der Waals surface area contributed by atoms with E-state index >= 15 is 4.39 Å². The number of hydrogen-bond donors (Lipinski definition) is 2. The lowest BCUT2D eigenvalue weighted by molar-refractivity contribution is -0.135. The van der Waals surface area contributed by atoms with E-state index in [1.807, 2.05) is 11.0 Å². The fourth-order valence-corrected chi connectivity index (χ4v) is 11.2. The van der Waals surface area contributed by atoms with Crippen LogP contribution in [0, 0.1) is 17.7 Å². The monoisotopic (exact) mass is 899 g/mol. The van der Waals surface area contributed by atoms with E-state index in [4.69, 9.17) is 9.72 Å². The predicted octanol–water partition coefficient (Wildman–Crippen LogP) is 3.35. The zero-order valence-electron chi connectivity index (χ0n) is 36.1. The van der Waals surface area contributed by atoms with Gasteiger partial charge in [-0.25, -0.2) is 27.5 Å². The average Bonchev–Trinajstić information content (AvgIpc) is 4.13. The molecular weight excluding hydrogens is 848 g/mol. The van der Waals surface area contributed by atoms with Gasteiger partial charge in [-0.2, -0.15) is 10.2 Å². The number of benzene rings is 1. The van der Waals surface area contributed by atoms with Crippen LogP contribution in [0.5, 0.6) is 0 Å². The third-order valence-corrected chi connectivity index (χ3v) is 14.7. The number of carbonyl (C=O) groups is 3. The summed E-state index contributed by atoms with van der Waals surface area (Å²) in [4.78, 5) is 65.3. The number of nitrogens with zero attached hydrogens (tertiary/aromatic N) is 11. The fraction of sp³-hybridized carbons (Fsp3) is 0.568. The second-order valence-electron chi connectivity index (χ2n) is 18.8. The van der Waals surface area contributed by atoms with Crippen molar-refractivity contribution in [3.05, 3.63) is 64.3 Å². The zero-order chi connectivity index (χ0) is 44.7. The van der Waals surface area contributed by atoms with Crippen molar-refractivity contribution in [1.82, 2.24) is 48.6 Å². The van der Waals surface area contributed by atoms with Crippen LogP contribution in [-0.2, 0) is 21.4 Å². The molecule has 1 aliphatic carbocycles. The molecule has 2 N–H and O–H groups in total. The molecule has 1 saturated carbocycles. The van der Waals surface area contributed by atoms with Crippen LogP contribution in [-0.4, -0.2) is 139 Å². The summed E-state index contributed by atoms with van der Waals surface area (Å²) in [6.45, 7) is 8.28. The van der Waals surface area contributed by atoms with E-state index in [0.29, 0.717) is 53.9 Å². The Morgan fingerprint density at radius 3 is 2.40 bits per heavy atom. The van der Waals surface area contributed by atoms with Gasteiger partial charge in [0.1, 0.15) is 23.2 Å². The number of rotatable bonds is 11. The third-order valence-electron chi connectivity index (χ3n) is 14.7. The number of anilines is 3. The summed E-state index contributed by atoms with van der Waals surface area (Å²) in [6.07, 6.45) is 6.78. The summed E-state index contributed by atoms with van der Waals surface area (Å²) in [7, 11) is 1.59. The highest BCUT2D eigenvalue weighted by Gasteiger charge is 2.40. The van der Waals surface area contributed by atoms with E-state index in [-0.39, 0.29) is 48.2 Å². The Morgan fingerprint density at radius 1 is 0.954 bits per heavy atom. The van der Waals surface area contributed by atoms with Crippen LogP contribution in [0.4, 0.5) is 30.4 Å². The molecule has 2 bridgehead atoms. The maximum atomic E-state index is 15.5. The fourth-order valence-electron chi connectivity index (χ4n) is 11.2. The van der Waals surface area contributed by atoms with Crippen LogP contribution in [0.1, 0.15) is 79.5 Å². The van der Waals surface area contributed by atoms with E-state index in [1.165, 1.54) is 38.2 Å². The number of amides is 3. The topological polar surface area (TPSA) is 172 Å². The number of imide groups is 1. The van der Waals surface area contributed by atoms with Crippen LogP contribution in [0.2, 0.25) is 0 Å². The molecule has 5 aromatic rings. The summed E-state index contributed by atoms with van der Waals surface area (Å²) >= 11 is 0. The van der Waals surface area contributed by atoms with Gasteiger partial charge in [0.25, 0.3) is 12.3 Å². The number of morpholine rings is 1. The van der Waals surface area contributed by atoms with Crippen LogP contribution in [0.15, 0.2) is 41.6 Å². The van der Waals surface area contributed by atoms with Crippen LogP contribution < -0.4 is 26.1 Å². The molecule has 1 aromatic carbocycles. The molecule has 5 aliphatic heterocycles. The minimum Gasteiger partial charge on any atom is -0.374 e. The molecule has 6 aliphatic rings. The molecule has 0 radical (unpaired) electrons. The minimum atomic E-state index is -2.87. The molecule has 11 rings (SSSR count). The molecule has 5 saturated heterocycles. The van der Waals surface area contributed by atoms with Gasteiger partial charge >= 0.3 is 5.69 Å². The van der Waals surface area contributed by atoms with Crippen molar-refractivity contribution in [3.8, 4) is 0 Å². The van der Waals surface area contributed by atoms with Crippen molar-refractivity contribution in [2.45, 2.75) is 75.6 Å². The Balaban J connectivity index is 0.658. The van der Waals surface area contributed by atoms with Crippen molar-refractivity contribution in [2.24, 2.45) is 18.9 Å². The number of hydrogen-bond acceptors (Lipinski definition) is 12. The quantitative estimate of drug-likeness (QED) is 0.186. The summed E-state index contributed by atoms with van der Waals surface area (Å²) in [5.41, 5.74) is 0.939. The van der Waals surface area contributed by atoms with E-state index in [1.54, 1.807) is 17.9 Å². The highest BCUT2D eigenvalue weighted by atomic mass is 19.3. The SMILES string of the molecule is Cn1c(=O)n(C2CCC(=O)NC2=O)c2ccc(F)c(N3CC(CN4CCN(C[C@H]5CC[C@H](n6cc(NC(=O)c7cnn8ccc(N9C[C@H]%10C[C@@H]9CO%10)nc78)c(C(F)F)n6)CC5)CC4)C3)c21. The first-order valence-electron chi connectivity index (χ1n) is 22.8.